The van der Waals surface area contributed by atoms with Crippen molar-refractivity contribution in [2.45, 2.75) is 13.0 Å². The van der Waals surface area contributed by atoms with Gasteiger partial charge in [-0.25, -0.2) is 8.78 Å². The fourth-order valence-corrected chi connectivity index (χ4v) is 1.74. The summed E-state index contributed by atoms with van der Waals surface area (Å²) < 4.78 is 26.0. The lowest BCUT2D eigenvalue weighted by Gasteiger charge is -2.17. The second kappa shape index (κ2) is 5.64. The number of hydrogen-bond donors (Lipinski definition) is 1. The molecule has 0 aliphatic heterocycles. The van der Waals surface area contributed by atoms with Crippen molar-refractivity contribution >= 4 is 0 Å². The summed E-state index contributed by atoms with van der Waals surface area (Å²) in [7, 11) is 0. The predicted molar refractivity (Wildman–Crippen MR) is 63.9 cm³/mol. The van der Waals surface area contributed by atoms with Crippen molar-refractivity contribution < 1.29 is 8.78 Å². The zero-order valence-electron chi connectivity index (χ0n) is 9.90. The van der Waals surface area contributed by atoms with Crippen LogP contribution in [0.3, 0.4) is 0 Å². The SMILES string of the molecule is CCNC(c1cncc(F)c1)c1ccc(F)cn1. The number of nitrogens with one attached hydrogen (secondary N) is 1. The lowest BCUT2D eigenvalue weighted by atomic mass is 10.1. The summed E-state index contributed by atoms with van der Waals surface area (Å²) in [5.74, 6) is -0.802. The van der Waals surface area contributed by atoms with Gasteiger partial charge in [-0.05, 0) is 30.3 Å². The Balaban J connectivity index is 2.36. The molecule has 5 heteroatoms. The van der Waals surface area contributed by atoms with Crippen LogP contribution in [0.5, 0.6) is 0 Å². The van der Waals surface area contributed by atoms with Gasteiger partial charge >= 0.3 is 0 Å². The van der Waals surface area contributed by atoms with Crippen LogP contribution in [0, 0.1) is 11.6 Å². The van der Waals surface area contributed by atoms with Gasteiger partial charge in [-0.15, -0.1) is 0 Å². The van der Waals surface area contributed by atoms with Crippen LogP contribution in [0.4, 0.5) is 8.78 Å². The maximum Gasteiger partial charge on any atom is 0.141 e. The minimum Gasteiger partial charge on any atom is -0.305 e. The highest BCUT2D eigenvalue weighted by atomic mass is 19.1. The van der Waals surface area contributed by atoms with E-state index < -0.39 is 11.6 Å². The van der Waals surface area contributed by atoms with Gasteiger partial charge in [-0.3, -0.25) is 9.97 Å². The maximum atomic E-state index is 13.2. The first-order chi connectivity index (χ1) is 8.70. The second-order valence-corrected chi connectivity index (χ2v) is 3.83. The zero-order valence-corrected chi connectivity index (χ0v) is 9.90. The Morgan fingerprint density at radius 3 is 2.61 bits per heavy atom. The summed E-state index contributed by atoms with van der Waals surface area (Å²) in [5.41, 5.74) is 1.29. The number of rotatable bonds is 4. The van der Waals surface area contributed by atoms with Gasteiger partial charge in [-0.1, -0.05) is 6.92 Å². The topological polar surface area (TPSA) is 37.8 Å². The van der Waals surface area contributed by atoms with E-state index in [0.29, 0.717) is 17.8 Å². The molecular weight excluding hydrogens is 236 g/mol. The van der Waals surface area contributed by atoms with Crippen molar-refractivity contribution in [2.24, 2.45) is 0 Å². The number of nitrogens with zero attached hydrogens (tertiary/aromatic N) is 2. The molecule has 3 nitrogen and oxygen atoms in total. The van der Waals surface area contributed by atoms with Crippen molar-refractivity contribution in [3.05, 3.63) is 59.7 Å². The number of pyridine rings is 2. The molecule has 94 valence electrons. The molecule has 2 rings (SSSR count). The molecule has 0 spiro atoms. The smallest absolute Gasteiger partial charge is 0.141 e. The molecule has 0 bridgehead atoms. The molecule has 2 heterocycles. The monoisotopic (exact) mass is 249 g/mol. The van der Waals surface area contributed by atoms with E-state index in [1.807, 2.05) is 6.92 Å². The van der Waals surface area contributed by atoms with E-state index >= 15 is 0 Å². The van der Waals surface area contributed by atoms with Gasteiger partial charge < -0.3 is 5.32 Å². The summed E-state index contributed by atoms with van der Waals surface area (Å²) >= 11 is 0. The van der Waals surface area contributed by atoms with E-state index in [1.54, 1.807) is 12.3 Å². The van der Waals surface area contributed by atoms with E-state index in [9.17, 15) is 8.78 Å². The molecule has 0 radical (unpaired) electrons. The van der Waals surface area contributed by atoms with Gasteiger partial charge in [0.05, 0.1) is 24.1 Å². The van der Waals surface area contributed by atoms with E-state index in [4.69, 9.17) is 0 Å². The van der Waals surface area contributed by atoms with Gasteiger partial charge in [0.2, 0.25) is 0 Å². The van der Waals surface area contributed by atoms with E-state index in [-0.39, 0.29) is 6.04 Å². The van der Waals surface area contributed by atoms with Crippen LogP contribution >= 0.6 is 0 Å². The summed E-state index contributed by atoms with van der Waals surface area (Å²) in [6.07, 6.45) is 3.86. The summed E-state index contributed by atoms with van der Waals surface area (Å²) in [4.78, 5) is 7.83. The average Bonchev–Trinajstić information content (AvgIpc) is 2.37. The molecule has 0 aliphatic carbocycles. The molecule has 1 unspecified atom stereocenters. The molecule has 1 atom stereocenters. The minimum atomic E-state index is -0.405. The Morgan fingerprint density at radius 2 is 2.00 bits per heavy atom. The third-order valence-corrected chi connectivity index (χ3v) is 2.51. The highest BCUT2D eigenvalue weighted by Crippen LogP contribution is 2.20. The maximum absolute atomic E-state index is 13.2. The predicted octanol–water partition coefficient (Wildman–Crippen LogP) is 2.45. The largest absolute Gasteiger partial charge is 0.305 e. The van der Waals surface area contributed by atoms with E-state index in [2.05, 4.69) is 15.3 Å². The first kappa shape index (κ1) is 12.6. The highest BCUT2D eigenvalue weighted by molar-refractivity contribution is 5.25. The van der Waals surface area contributed by atoms with E-state index in [1.165, 1.54) is 12.1 Å². The number of aromatic nitrogens is 2. The summed E-state index contributed by atoms with van der Waals surface area (Å²) in [6, 6.07) is 4.01. The van der Waals surface area contributed by atoms with Gasteiger partial charge in [0.25, 0.3) is 0 Å². The molecule has 2 aromatic rings. The van der Waals surface area contributed by atoms with Crippen LogP contribution in [0.2, 0.25) is 0 Å². The second-order valence-electron chi connectivity index (χ2n) is 3.83. The van der Waals surface area contributed by atoms with Crippen LogP contribution in [-0.2, 0) is 0 Å². The van der Waals surface area contributed by atoms with Gasteiger partial charge in [0.1, 0.15) is 11.6 Å². The fraction of sp³-hybridized carbons (Fsp3) is 0.231. The Hall–Kier alpha value is -1.88. The lowest BCUT2D eigenvalue weighted by Crippen LogP contribution is -2.23. The Bertz CT molecular complexity index is 514. The zero-order chi connectivity index (χ0) is 13.0. The number of halogens is 2. The Morgan fingerprint density at radius 1 is 1.17 bits per heavy atom. The van der Waals surface area contributed by atoms with Crippen LogP contribution in [0.1, 0.15) is 24.2 Å². The van der Waals surface area contributed by atoms with Crippen molar-refractivity contribution in [3.63, 3.8) is 0 Å². The first-order valence-electron chi connectivity index (χ1n) is 5.66. The van der Waals surface area contributed by atoms with Gasteiger partial charge in [0, 0.05) is 6.20 Å². The molecule has 1 N–H and O–H groups in total. The standard InChI is InChI=1S/C13H13F2N3/c1-2-17-13(9-5-11(15)7-16-6-9)12-4-3-10(14)8-18-12/h3-8,13,17H,2H2,1H3. The molecular formula is C13H13F2N3. The van der Waals surface area contributed by atoms with Crippen molar-refractivity contribution in [1.29, 1.82) is 0 Å². The first-order valence-corrected chi connectivity index (χ1v) is 5.66. The van der Waals surface area contributed by atoms with Crippen LogP contribution < -0.4 is 5.32 Å². The Kier molecular flexibility index (Phi) is 3.94. The quantitative estimate of drug-likeness (QED) is 0.904. The molecule has 0 aliphatic rings. The van der Waals surface area contributed by atoms with Crippen LogP contribution in [-0.4, -0.2) is 16.5 Å². The molecule has 2 aromatic heterocycles. The van der Waals surface area contributed by atoms with Crippen molar-refractivity contribution in [2.75, 3.05) is 6.54 Å². The van der Waals surface area contributed by atoms with E-state index in [0.717, 1.165) is 12.4 Å². The third-order valence-electron chi connectivity index (χ3n) is 2.51. The molecule has 0 saturated heterocycles. The molecule has 0 amide bonds. The van der Waals surface area contributed by atoms with Gasteiger partial charge in [-0.2, -0.15) is 0 Å². The fourth-order valence-electron chi connectivity index (χ4n) is 1.74. The normalized spacial score (nSPS) is 12.4. The summed E-state index contributed by atoms with van der Waals surface area (Å²) in [6.45, 7) is 2.61. The van der Waals surface area contributed by atoms with Gasteiger partial charge in [0.15, 0.2) is 0 Å². The Labute approximate surface area is 104 Å². The highest BCUT2D eigenvalue weighted by Gasteiger charge is 2.15. The molecule has 0 saturated carbocycles. The lowest BCUT2D eigenvalue weighted by molar-refractivity contribution is 0.580. The number of hydrogen-bond acceptors (Lipinski definition) is 3. The van der Waals surface area contributed by atoms with Crippen LogP contribution in [0.25, 0.3) is 0 Å². The molecule has 0 fully saturated rings. The minimum absolute atomic E-state index is 0.293. The van der Waals surface area contributed by atoms with Crippen molar-refractivity contribution in [1.82, 2.24) is 15.3 Å². The molecule has 18 heavy (non-hydrogen) atoms. The average molecular weight is 249 g/mol. The summed E-state index contributed by atoms with van der Waals surface area (Å²) in [5, 5.41) is 3.17. The van der Waals surface area contributed by atoms with Crippen LogP contribution in [0.15, 0.2) is 36.8 Å². The molecule has 0 aromatic carbocycles. The van der Waals surface area contributed by atoms with Crippen molar-refractivity contribution in [3.8, 4) is 0 Å². The third kappa shape index (κ3) is 2.87.